The highest BCUT2D eigenvalue weighted by atomic mass is 32.2. The van der Waals surface area contributed by atoms with Crippen LogP contribution < -0.4 is 16.0 Å². The van der Waals surface area contributed by atoms with Gasteiger partial charge in [0.1, 0.15) is 11.5 Å². The van der Waals surface area contributed by atoms with Gasteiger partial charge in [-0.2, -0.15) is 0 Å². The van der Waals surface area contributed by atoms with Crippen molar-refractivity contribution in [1.29, 1.82) is 0 Å². The van der Waals surface area contributed by atoms with Gasteiger partial charge in [0.2, 0.25) is 10.0 Å². The molecule has 5 rings (SSSR count). The van der Waals surface area contributed by atoms with Crippen LogP contribution in [0.4, 0.5) is 5.82 Å². The van der Waals surface area contributed by atoms with Crippen LogP contribution in [0.3, 0.4) is 0 Å². The lowest BCUT2D eigenvalue weighted by molar-refractivity contribution is 0.577. The Morgan fingerprint density at radius 1 is 1.06 bits per heavy atom. The molecule has 0 spiro atoms. The van der Waals surface area contributed by atoms with Crippen LogP contribution in [0, 0.1) is 5.92 Å². The molecule has 0 aliphatic heterocycles. The summed E-state index contributed by atoms with van der Waals surface area (Å²) >= 11 is 0. The van der Waals surface area contributed by atoms with Crippen molar-refractivity contribution in [3.63, 3.8) is 0 Å². The molecule has 32 heavy (non-hydrogen) atoms. The number of nitrogens with zero attached hydrogens (tertiary/aromatic N) is 2. The van der Waals surface area contributed by atoms with Gasteiger partial charge in [-0.1, -0.05) is 18.2 Å². The second-order valence-corrected chi connectivity index (χ2v) is 9.68. The normalized spacial score (nSPS) is 14.0. The Bertz CT molecular complexity index is 1480. The summed E-state index contributed by atoms with van der Waals surface area (Å²) in [6.45, 7) is 0.481. The third kappa shape index (κ3) is 4.00. The first-order valence-electron chi connectivity index (χ1n) is 10.3. The van der Waals surface area contributed by atoms with E-state index in [1.54, 1.807) is 48.8 Å². The smallest absolute Gasteiger partial charge is 0.255 e. The van der Waals surface area contributed by atoms with Crippen molar-refractivity contribution in [2.45, 2.75) is 17.7 Å². The molecule has 0 saturated heterocycles. The Kier molecular flexibility index (Phi) is 4.99. The number of anilines is 1. The Morgan fingerprint density at radius 2 is 1.81 bits per heavy atom. The number of fused-ring (bicyclic) bond motifs is 1. The third-order valence-electron chi connectivity index (χ3n) is 5.57. The topological polar surface area (TPSA) is 131 Å². The maximum absolute atomic E-state index is 12.4. The number of pyridine rings is 1. The highest BCUT2D eigenvalue weighted by Crippen LogP contribution is 2.29. The van der Waals surface area contributed by atoms with Gasteiger partial charge in [0.25, 0.3) is 5.56 Å². The van der Waals surface area contributed by atoms with E-state index in [1.807, 2.05) is 12.1 Å². The van der Waals surface area contributed by atoms with E-state index in [4.69, 9.17) is 5.73 Å². The van der Waals surface area contributed by atoms with Crippen molar-refractivity contribution in [3.05, 3.63) is 71.3 Å². The summed E-state index contributed by atoms with van der Waals surface area (Å²) in [5.41, 5.74) is 8.44. The first-order chi connectivity index (χ1) is 15.4. The lowest BCUT2D eigenvalue weighted by Crippen LogP contribution is -2.25. The Balaban J connectivity index is 1.46. The lowest BCUT2D eigenvalue weighted by Gasteiger charge is -2.10. The van der Waals surface area contributed by atoms with Gasteiger partial charge in [0.05, 0.1) is 16.8 Å². The van der Waals surface area contributed by atoms with Crippen molar-refractivity contribution < 1.29 is 8.42 Å². The summed E-state index contributed by atoms with van der Waals surface area (Å²) in [6.07, 6.45) is 5.30. The Morgan fingerprint density at radius 3 is 2.56 bits per heavy atom. The van der Waals surface area contributed by atoms with Gasteiger partial charge < -0.3 is 10.7 Å². The van der Waals surface area contributed by atoms with Crippen molar-refractivity contribution in [2.75, 3.05) is 12.3 Å². The quantitative estimate of drug-likeness (QED) is 0.417. The molecule has 4 aromatic rings. The largest absolute Gasteiger partial charge is 0.382 e. The first kappa shape index (κ1) is 20.3. The maximum Gasteiger partial charge on any atom is 0.255 e. The second-order valence-electron chi connectivity index (χ2n) is 7.92. The number of nitrogen functional groups attached to an aromatic ring is 1. The monoisotopic (exact) mass is 447 g/mol. The summed E-state index contributed by atoms with van der Waals surface area (Å²) < 4.78 is 27.6. The lowest BCUT2D eigenvalue weighted by atomic mass is 10.1. The van der Waals surface area contributed by atoms with Crippen LogP contribution in [0.5, 0.6) is 0 Å². The molecule has 2 aromatic carbocycles. The fourth-order valence-corrected chi connectivity index (χ4v) is 4.64. The minimum atomic E-state index is -3.53. The number of hydrogen-bond donors (Lipinski definition) is 3. The number of rotatable bonds is 6. The molecule has 1 saturated carbocycles. The molecule has 1 fully saturated rings. The zero-order valence-corrected chi connectivity index (χ0v) is 17.9. The van der Waals surface area contributed by atoms with E-state index in [0.717, 1.165) is 29.4 Å². The average Bonchev–Trinajstić information content (AvgIpc) is 3.63. The molecule has 162 valence electrons. The van der Waals surface area contributed by atoms with Crippen LogP contribution in [0.25, 0.3) is 33.3 Å². The molecule has 9 heteroatoms. The molecule has 8 nitrogen and oxygen atoms in total. The molecular formula is C23H21N5O3S. The number of aromatic amines is 1. The standard InChI is InChI=1S/C23H21N5O3S/c24-22-21(17-5-8-19-16(11-17)9-10-25-23(19)29)28-20(13-26-22)15-3-6-18(7-4-15)32(30,31)27-12-14-1-2-14/h3-11,13-14,27H,1-2,12H2,(H2,24,26)(H,25,29). The first-order valence-corrected chi connectivity index (χ1v) is 11.7. The van der Waals surface area contributed by atoms with E-state index in [9.17, 15) is 13.2 Å². The van der Waals surface area contributed by atoms with Crippen LogP contribution >= 0.6 is 0 Å². The van der Waals surface area contributed by atoms with Crippen molar-refractivity contribution in [2.24, 2.45) is 5.92 Å². The highest BCUT2D eigenvalue weighted by molar-refractivity contribution is 7.89. The van der Waals surface area contributed by atoms with Gasteiger partial charge in [0.15, 0.2) is 0 Å². The van der Waals surface area contributed by atoms with E-state index in [1.165, 1.54) is 0 Å². The van der Waals surface area contributed by atoms with Crippen LogP contribution in [0.15, 0.2) is 70.6 Å². The molecule has 1 aliphatic carbocycles. The molecule has 0 atom stereocenters. The molecule has 1 aliphatic rings. The van der Waals surface area contributed by atoms with Gasteiger partial charge in [0, 0.05) is 29.3 Å². The van der Waals surface area contributed by atoms with E-state index >= 15 is 0 Å². The summed E-state index contributed by atoms with van der Waals surface area (Å²) in [7, 11) is -3.53. The minimum Gasteiger partial charge on any atom is -0.382 e. The molecular weight excluding hydrogens is 426 g/mol. The van der Waals surface area contributed by atoms with E-state index in [0.29, 0.717) is 29.2 Å². The number of hydrogen-bond acceptors (Lipinski definition) is 6. The van der Waals surface area contributed by atoms with Crippen molar-refractivity contribution in [1.82, 2.24) is 19.7 Å². The van der Waals surface area contributed by atoms with Gasteiger partial charge in [-0.25, -0.2) is 23.1 Å². The fourth-order valence-electron chi connectivity index (χ4n) is 3.53. The molecule has 0 radical (unpaired) electrons. The molecule has 0 bridgehead atoms. The van der Waals surface area contributed by atoms with Crippen LogP contribution in [-0.2, 0) is 10.0 Å². The molecule has 2 aromatic heterocycles. The average molecular weight is 448 g/mol. The van der Waals surface area contributed by atoms with E-state index < -0.39 is 10.0 Å². The van der Waals surface area contributed by atoms with Gasteiger partial charge in [-0.05, 0) is 54.5 Å². The number of benzene rings is 2. The highest BCUT2D eigenvalue weighted by Gasteiger charge is 2.24. The fraction of sp³-hybridized carbons (Fsp3) is 0.174. The van der Waals surface area contributed by atoms with E-state index in [-0.39, 0.29) is 16.3 Å². The molecule has 4 N–H and O–H groups in total. The summed E-state index contributed by atoms with van der Waals surface area (Å²) in [4.78, 5) is 23.8. The van der Waals surface area contributed by atoms with Gasteiger partial charge in [-0.15, -0.1) is 0 Å². The number of nitrogens with two attached hydrogens (primary N) is 1. The minimum absolute atomic E-state index is 0.163. The maximum atomic E-state index is 12.4. The number of aromatic nitrogens is 3. The molecule has 0 unspecified atom stereocenters. The van der Waals surface area contributed by atoms with E-state index in [2.05, 4.69) is 19.7 Å². The summed E-state index contributed by atoms with van der Waals surface area (Å²) in [5.74, 6) is 0.724. The summed E-state index contributed by atoms with van der Waals surface area (Å²) in [6, 6.07) is 13.7. The predicted molar refractivity (Wildman–Crippen MR) is 123 cm³/mol. The second kappa shape index (κ2) is 7.85. The Labute approximate surface area is 184 Å². The zero-order chi connectivity index (χ0) is 22.3. The zero-order valence-electron chi connectivity index (χ0n) is 17.1. The molecule has 2 heterocycles. The predicted octanol–water partition coefficient (Wildman–Crippen LogP) is 2.92. The van der Waals surface area contributed by atoms with Gasteiger partial charge in [-0.3, -0.25) is 4.79 Å². The van der Waals surface area contributed by atoms with Crippen LogP contribution in [-0.4, -0.2) is 29.9 Å². The molecule has 0 amide bonds. The van der Waals surface area contributed by atoms with Crippen molar-refractivity contribution in [3.8, 4) is 22.5 Å². The van der Waals surface area contributed by atoms with Crippen molar-refractivity contribution >= 4 is 26.6 Å². The van der Waals surface area contributed by atoms with Crippen LogP contribution in [0.2, 0.25) is 0 Å². The third-order valence-corrected chi connectivity index (χ3v) is 7.01. The summed E-state index contributed by atoms with van der Waals surface area (Å²) in [5, 5.41) is 1.34. The number of sulfonamides is 1. The Hall–Kier alpha value is -3.56. The number of nitrogens with one attached hydrogen (secondary N) is 2. The SMILES string of the molecule is Nc1ncc(-c2ccc(S(=O)(=O)NCC3CC3)cc2)nc1-c1ccc2c(=O)[nH]ccc2c1. The van der Waals surface area contributed by atoms with Gasteiger partial charge >= 0.3 is 0 Å². The van der Waals surface area contributed by atoms with Crippen LogP contribution in [0.1, 0.15) is 12.8 Å². The number of H-pyrrole nitrogens is 1.